The van der Waals surface area contributed by atoms with Crippen LogP contribution >= 0.6 is 31.9 Å². The molecule has 4 aromatic rings. The number of nitrogens with one attached hydrogen (secondary N) is 2. The minimum absolute atomic E-state index is 0.0966. The Morgan fingerprint density at radius 2 is 1.77 bits per heavy atom. The smallest absolute Gasteiger partial charge is 0.276 e. The van der Waals surface area contributed by atoms with E-state index in [0.717, 1.165) is 14.5 Å². The zero-order valence-electron chi connectivity index (χ0n) is 20.3. The highest BCUT2D eigenvalue weighted by Crippen LogP contribution is 2.38. The summed E-state index contributed by atoms with van der Waals surface area (Å²) < 4.78 is 18.7. The van der Waals surface area contributed by atoms with Gasteiger partial charge in [-0.3, -0.25) is 15.0 Å². The van der Waals surface area contributed by atoms with Crippen LogP contribution in [0.2, 0.25) is 0 Å². The quantitative estimate of drug-likeness (QED) is 0.250. The summed E-state index contributed by atoms with van der Waals surface area (Å²) in [5.41, 5.74) is 5.85. The van der Waals surface area contributed by atoms with Crippen LogP contribution in [-0.4, -0.2) is 23.6 Å². The molecule has 0 bridgehead atoms. The van der Waals surface area contributed by atoms with Gasteiger partial charge in [0.1, 0.15) is 12.4 Å². The number of nitrogens with zero attached hydrogens (tertiary/aromatic N) is 1. The minimum Gasteiger partial charge on any atom is -0.488 e. The number of fused-ring (bicyclic) bond motifs is 2. The average Bonchev–Trinajstić information content (AvgIpc) is 3.42. The first kappa shape index (κ1) is 25.3. The molecule has 2 aliphatic rings. The lowest BCUT2D eigenvalue weighted by atomic mass is 10.0. The van der Waals surface area contributed by atoms with Gasteiger partial charge in [0.2, 0.25) is 6.79 Å². The normalized spacial score (nSPS) is 15.4. The largest absolute Gasteiger partial charge is 0.488 e. The van der Waals surface area contributed by atoms with Gasteiger partial charge >= 0.3 is 0 Å². The van der Waals surface area contributed by atoms with Crippen molar-refractivity contribution in [1.82, 2.24) is 10.4 Å². The van der Waals surface area contributed by atoms with Crippen molar-refractivity contribution in [2.24, 2.45) is 0 Å². The molecule has 0 unspecified atom stereocenters. The second kappa shape index (κ2) is 10.6. The molecule has 6 rings (SSSR count). The first-order valence-electron chi connectivity index (χ1n) is 12.0. The number of para-hydroxylation sites is 1. The van der Waals surface area contributed by atoms with Crippen molar-refractivity contribution in [1.29, 1.82) is 0 Å². The third-order valence-electron chi connectivity index (χ3n) is 6.33. The summed E-state index contributed by atoms with van der Waals surface area (Å²) in [6, 6.07) is 25.6. The van der Waals surface area contributed by atoms with Crippen LogP contribution < -0.4 is 25.0 Å². The van der Waals surface area contributed by atoms with E-state index < -0.39 is 12.1 Å². The summed E-state index contributed by atoms with van der Waals surface area (Å²) in [5.74, 6) is 0.773. The molecule has 8 nitrogen and oxygen atoms in total. The second-order valence-electron chi connectivity index (χ2n) is 8.88. The molecule has 1 atom stereocenters. The topological polar surface area (TPSA) is 89.1 Å². The molecule has 0 radical (unpaired) electrons. The number of rotatable bonds is 6. The van der Waals surface area contributed by atoms with Gasteiger partial charge in [-0.1, -0.05) is 62.2 Å². The summed E-state index contributed by atoms with van der Waals surface area (Å²) in [6.45, 7) is 0.420. The van der Waals surface area contributed by atoms with E-state index in [-0.39, 0.29) is 12.7 Å². The highest BCUT2D eigenvalue weighted by Gasteiger charge is 2.36. The molecule has 39 heavy (non-hydrogen) atoms. The molecule has 0 fully saturated rings. The summed E-state index contributed by atoms with van der Waals surface area (Å²) in [4.78, 5) is 27.2. The second-order valence-corrected chi connectivity index (χ2v) is 10.7. The molecular formula is C29H21Br2N3O5. The molecule has 4 aromatic carbocycles. The Morgan fingerprint density at radius 1 is 0.949 bits per heavy atom. The van der Waals surface area contributed by atoms with Gasteiger partial charge in [-0.2, -0.15) is 0 Å². The first-order chi connectivity index (χ1) is 19.0. The Labute approximate surface area is 241 Å². The Bertz CT molecular complexity index is 1600. The Kier molecular flexibility index (Phi) is 6.88. The van der Waals surface area contributed by atoms with Gasteiger partial charge in [-0.25, -0.2) is 5.01 Å². The zero-order chi connectivity index (χ0) is 26.9. The third-order valence-corrected chi connectivity index (χ3v) is 7.32. The molecule has 2 amide bonds. The van der Waals surface area contributed by atoms with Gasteiger partial charge in [0, 0.05) is 25.8 Å². The van der Waals surface area contributed by atoms with Crippen molar-refractivity contribution < 1.29 is 23.8 Å². The molecule has 2 heterocycles. The maximum absolute atomic E-state index is 13.8. The number of amides is 2. The van der Waals surface area contributed by atoms with E-state index >= 15 is 0 Å². The summed E-state index contributed by atoms with van der Waals surface area (Å²) >= 11 is 6.93. The maximum atomic E-state index is 13.8. The fourth-order valence-corrected chi connectivity index (χ4v) is 5.26. The fraction of sp³-hybridized carbons (Fsp3) is 0.103. The Morgan fingerprint density at radius 3 is 2.64 bits per heavy atom. The molecule has 196 valence electrons. The number of hydrogen-bond acceptors (Lipinski definition) is 6. The van der Waals surface area contributed by atoms with Crippen LogP contribution in [0.25, 0.3) is 0 Å². The van der Waals surface area contributed by atoms with E-state index in [1.165, 1.54) is 5.01 Å². The maximum Gasteiger partial charge on any atom is 0.276 e. The SMILES string of the molecule is O=C(NN1C(=O)c2cc(Br)ccc2N[C@H]1c1ccccc1OCc1cccc(Br)c1)c1ccc2c(c1)OCO2. The molecule has 0 saturated heterocycles. The minimum atomic E-state index is -0.747. The lowest BCUT2D eigenvalue weighted by Crippen LogP contribution is -2.53. The summed E-state index contributed by atoms with van der Waals surface area (Å²) in [5, 5.41) is 4.70. The van der Waals surface area contributed by atoms with Crippen molar-refractivity contribution in [3.8, 4) is 17.2 Å². The molecule has 10 heteroatoms. The molecule has 2 N–H and O–H groups in total. The highest BCUT2D eigenvalue weighted by atomic mass is 79.9. The Hall–Kier alpha value is -4.02. The standard InChI is InChI=1S/C29H21Br2N3O5/c30-19-5-3-4-17(12-19)15-37-24-7-2-1-6-21(24)27-32-23-10-9-20(31)14-22(23)29(36)34(27)33-28(35)18-8-11-25-26(13-18)39-16-38-25/h1-14,27,32H,15-16H2,(H,33,35)/t27-/m1/s1. The lowest BCUT2D eigenvalue weighted by molar-refractivity contribution is 0.0487. The van der Waals surface area contributed by atoms with Crippen molar-refractivity contribution in [2.75, 3.05) is 12.1 Å². The van der Waals surface area contributed by atoms with Crippen LogP contribution in [0, 0.1) is 0 Å². The number of anilines is 1. The lowest BCUT2D eigenvalue weighted by Gasteiger charge is -2.38. The van der Waals surface area contributed by atoms with Crippen LogP contribution in [0.5, 0.6) is 17.2 Å². The predicted molar refractivity (Wildman–Crippen MR) is 152 cm³/mol. The molecule has 0 aliphatic carbocycles. The molecule has 0 aromatic heterocycles. The van der Waals surface area contributed by atoms with Gasteiger partial charge in [-0.15, -0.1) is 0 Å². The molecule has 0 saturated carbocycles. The van der Waals surface area contributed by atoms with Crippen LogP contribution in [0.1, 0.15) is 38.0 Å². The van der Waals surface area contributed by atoms with Gasteiger partial charge in [0.05, 0.1) is 5.56 Å². The Balaban J connectivity index is 1.34. The molecule has 0 spiro atoms. The van der Waals surface area contributed by atoms with E-state index in [2.05, 4.69) is 42.6 Å². The molecular weight excluding hydrogens is 630 g/mol. The number of carbonyl (C=O) groups excluding carboxylic acids is 2. The summed E-state index contributed by atoms with van der Waals surface area (Å²) in [7, 11) is 0. The molecule has 2 aliphatic heterocycles. The van der Waals surface area contributed by atoms with Gasteiger partial charge in [-0.05, 0) is 60.2 Å². The van der Waals surface area contributed by atoms with Crippen molar-refractivity contribution in [2.45, 2.75) is 12.8 Å². The summed E-state index contributed by atoms with van der Waals surface area (Å²) in [6.07, 6.45) is -0.747. The van der Waals surface area contributed by atoms with Crippen molar-refractivity contribution in [3.63, 3.8) is 0 Å². The monoisotopic (exact) mass is 649 g/mol. The van der Waals surface area contributed by atoms with E-state index in [0.29, 0.717) is 46.2 Å². The van der Waals surface area contributed by atoms with Crippen molar-refractivity contribution >= 4 is 49.4 Å². The number of benzene rings is 4. The van der Waals surface area contributed by atoms with E-state index in [9.17, 15) is 9.59 Å². The van der Waals surface area contributed by atoms with Crippen LogP contribution in [0.3, 0.4) is 0 Å². The number of hydrazine groups is 1. The fourth-order valence-electron chi connectivity index (χ4n) is 4.45. The third kappa shape index (κ3) is 5.17. The number of hydrogen-bond donors (Lipinski definition) is 2. The van der Waals surface area contributed by atoms with Gasteiger partial charge in [0.15, 0.2) is 17.7 Å². The van der Waals surface area contributed by atoms with E-state index in [1.807, 2.05) is 60.7 Å². The van der Waals surface area contributed by atoms with Crippen LogP contribution in [-0.2, 0) is 6.61 Å². The average molecular weight is 651 g/mol. The van der Waals surface area contributed by atoms with E-state index in [4.69, 9.17) is 14.2 Å². The number of halogens is 2. The van der Waals surface area contributed by atoms with Gasteiger partial charge in [0.25, 0.3) is 11.8 Å². The zero-order valence-corrected chi connectivity index (χ0v) is 23.5. The van der Waals surface area contributed by atoms with Crippen molar-refractivity contribution in [3.05, 3.63) is 116 Å². The number of ether oxygens (including phenoxy) is 3. The van der Waals surface area contributed by atoms with E-state index in [1.54, 1.807) is 24.3 Å². The van der Waals surface area contributed by atoms with Crippen LogP contribution in [0.15, 0.2) is 93.9 Å². The van der Waals surface area contributed by atoms with Crippen LogP contribution in [0.4, 0.5) is 5.69 Å². The highest BCUT2D eigenvalue weighted by molar-refractivity contribution is 9.10. The predicted octanol–water partition coefficient (Wildman–Crippen LogP) is 6.43. The number of carbonyl (C=O) groups is 2. The first-order valence-corrected chi connectivity index (χ1v) is 13.6. The van der Waals surface area contributed by atoms with Gasteiger partial charge < -0.3 is 19.5 Å².